The molecule has 3 heterocycles. The van der Waals surface area contributed by atoms with Gasteiger partial charge in [0.15, 0.2) is 18.2 Å². The Morgan fingerprint density at radius 2 is 2.06 bits per heavy atom. The van der Waals surface area contributed by atoms with Crippen molar-refractivity contribution in [1.29, 1.82) is 0 Å². The molecule has 5 atom stereocenters. The lowest BCUT2D eigenvalue weighted by Gasteiger charge is -2.24. The normalized spacial score (nSPS) is 47.7. The van der Waals surface area contributed by atoms with E-state index < -0.39 is 36.5 Å². The zero-order valence-corrected chi connectivity index (χ0v) is 10.3. The Bertz CT molecular complexity index is 346. The summed E-state index contributed by atoms with van der Waals surface area (Å²) in [5.74, 6) is -0.733. The Balaban J connectivity index is 1.70. The molecule has 3 aliphatic heterocycles. The Kier molecular flexibility index (Phi) is 2.57. The third-order valence-corrected chi connectivity index (χ3v) is 3.25. The van der Waals surface area contributed by atoms with Crippen LogP contribution in [0.2, 0.25) is 0 Å². The Morgan fingerprint density at radius 3 is 2.65 bits per heavy atom. The number of fused-ring (bicyclic) bond motifs is 1. The van der Waals surface area contributed by atoms with Crippen LogP contribution in [0.1, 0.15) is 13.8 Å². The molecule has 3 aliphatic rings. The molecule has 3 saturated heterocycles. The predicted molar refractivity (Wildman–Crippen MR) is 58.1 cm³/mol. The third-order valence-electron chi connectivity index (χ3n) is 3.03. The van der Waals surface area contributed by atoms with E-state index >= 15 is 0 Å². The number of thiocarbonyl (C=S) groups is 1. The largest absolute Gasteiger partial charge is 0.453 e. The van der Waals surface area contributed by atoms with Crippen LogP contribution in [0.25, 0.3) is 0 Å². The van der Waals surface area contributed by atoms with Crippen molar-refractivity contribution in [2.75, 3.05) is 6.61 Å². The molecule has 96 valence electrons. The molecule has 0 aliphatic carbocycles. The second-order valence-corrected chi connectivity index (χ2v) is 5.11. The van der Waals surface area contributed by atoms with E-state index in [0.29, 0.717) is 0 Å². The summed E-state index contributed by atoms with van der Waals surface area (Å²) in [4.78, 5) is 0. The summed E-state index contributed by atoms with van der Waals surface area (Å²) in [5, 5.41) is 10.2. The van der Waals surface area contributed by atoms with Crippen molar-refractivity contribution in [3.63, 3.8) is 0 Å². The van der Waals surface area contributed by atoms with Crippen molar-refractivity contribution in [3.8, 4) is 0 Å². The second-order valence-electron chi connectivity index (χ2n) is 4.78. The van der Waals surface area contributed by atoms with Crippen molar-refractivity contribution in [1.82, 2.24) is 0 Å². The highest BCUT2D eigenvalue weighted by Crippen LogP contribution is 2.39. The summed E-state index contributed by atoms with van der Waals surface area (Å²) < 4.78 is 27.0. The van der Waals surface area contributed by atoms with Crippen LogP contribution in [0.15, 0.2) is 0 Å². The molecule has 7 heteroatoms. The Labute approximate surface area is 104 Å². The van der Waals surface area contributed by atoms with Gasteiger partial charge < -0.3 is 28.8 Å². The van der Waals surface area contributed by atoms with Gasteiger partial charge in [0.05, 0.1) is 0 Å². The highest BCUT2D eigenvalue weighted by molar-refractivity contribution is 7.79. The van der Waals surface area contributed by atoms with Gasteiger partial charge in [-0.15, -0.1) is 0 Å². The van der Waals surface area contributed by atoms with Gasteiger partial charge in [0.25, 0.3) is 0 Å². The molecular formula is C10H14O6S. The van der Waals surface area contributed by atoms with Crippen LogP contribution in [-0.4, -0.2) is 53.4 Å². The molecule has 17 heavy (non-hydrogen) atoms. The second kappa shape index (κ2) is 3.76. The quantitative estimate of drug-likeness (QED) is 0.663. The Morgan fingerprint density at radius 1 is 1.29 bits per heavy atom. The highest BCUT2D eigenvalue weighted by atomic mass is 32.1. The van der Waals surface area contributed by atoms with Gasteiger partial charge in [0.2, 0.25) is 0 Å². The van der Waals surface area contributed by atoms with Crippen LogP contribution in [0, 0.1) is 0 Å². The van der Waals surface area contributed by atoms with E-state index in [0.717, 1.165) is 0 Å². The zero-order valence-electron chi connectivity index (χ0n) is 9.49. The van der Waals surface area contributed by atoms with Gasteiger partial charge in [-0.05, 0) is 13.8 Å². The minimum Gasteiger partial charge on any atom is -0.453 e. The first-order valence-corrected chi connectivity index (χ1v) is 5.90. The molecular weight excluding hydrogens is 248 g/mol. The van der Waals surface area contributed by atoms with Gasteiger partial charge in [0, 0.05) is 12.2 Å². The molecule has 0 aromatic heterocycles. The van der Waals surface area contributed by atoms with Crippen molar-refractivity contribution in [2.45, 2.75) is 50.3 Å². The van der Waals surface area contributed by atoms with Crippen molar-refractivity contribution >= 4 is 17.5 Å². The summed E-state index contributed by atoms with van der Waals surface area (Å²) in [7, 11) is 0. The minimum absolute atomic E-state index is 0.0880. The maximum Gasteiger partial charge on any atom is 0.352 e. The number of hydrogen-bond acceptors (Lipinski definition) is 7. The first-order valence-electron chi connectivity index (χ1n) is 5.49. The lowest BCUT2D eigenvalue weighted by Crippen LogP contribution is -2.41. The fourth-order valence-electron chi connectivity index (χ4n) is 2.33. The summed E-state index contributed by atoms with van der Waals surface area (Å²) in [6.45, 7) is 3.84. The van der Waals surface area contributed by atoms with E-state index in [2.05, 4.69) is 0 Å². The number of hydrogen-bond donors (Lipinski definition) is 1. The molecule has 0 aromatic carbocycles. The molecule has 0 spiro atoms. The van der Waals surface area contributed by atoms with E-state index in [4.69, 9.17) is 35.9 Å². The van der Waals surface area contributed by atoms with E-state index in [1.54, 1.807) is 13.8 Å². The van der Waals surface area contributed by atoms with Gasteiger partial charge in [0.1, 0.15) is 24.9 Å². The zero-order chi connectivity index (χ0) is 12.2. The van der Waals surface area contributed by atoms with Gasteiger partial charge in [-0.2, -0.15) is 0 Å². The fraction of sp³-hybridized carbons (Fsp3) is 0.900. The minimum atomic E-state index is -0.809. The van der Waals surface area contributed by atoms with Crippen LogP contribution in [0.3, 0.4) is 0 Å². The number of ether oxygens (including phenoxy) is 5. The molecule has 3 fully saturated rings. The van der Waals surface area contributed by atoms with Crippen molar-refractivity contribution in [2.24, 2.45) is 0 Å². The predicted octanol–water partition coefficient (Wildman–Crippen LogP) is -0.0760. The van der Waals surface area contributed by atoms with Crippen LogP contribution in [0.4, 0.5) is 0 Å². The molecule has 3 rings (SSSR count). The van der Waals surface area contributed by atoms with Crippen molar-refractivity contribution < 1.29 is 28.8 Å². The van der Waals surface area contributed by atoms with Crippen LogP contribution >= 0.6 is 12.2 Å². The van der Waals surface area contributed by atoms with E-state index in [-0.39, 0.29) is 11.8 Å². The topological polar surface area (TPSA) is 66.4 Å². The third kappa shape index (κ3) is 1.92. The SMILES string of the molecule is CC1(C)O[C@H]2O[C@H]([C@H]3COC(=S)O3)[C@@H](O)[C@H]2O1. The maximum absolute atomic E-state index is 10.1. The smallest absolute Gasteiger partial charge is 0.352 e. The summed E-state index contributed by atoms with van der Waals surface area (Å²) in [5.41, 5.74) is 0. The lowest BCUT2D eigenvalue weighted by atomic mass is 10.1. The van der Waals surface area contributed by atoms with Crippen molar-refractivity contribution in [3.05, 3.63) is 0 Å². The number of aliphatic hydroxyl groups is 1. The number of rotatable bonds is 1. The lowest BCUT2D eigenvalue weighted by molar-refractivity contribution is -0.223. The number of aliphatic hydroxyl groups excluding tert-OH is 1. The van der Waals surface area contributed by atoms with Gasteiger partial charge in [-0.3, -0.25) is 0 Å². The molecule has 0 radical (unpaired) electrons. The fourth-order valence-corrected chi connectivity index (χ4v) is 2.52. The maximum atomic E-state index is 10.1. The van der Waals surface area contributed by atoms with Gasteiger partial charge in [-0.1, -0.05) is 0 Å². The van der Waals surface area contributed by atoms with Gasteiger partial charge >= 0.3 is 5.24 Å². The van der Waals surface area contributed by atoms with E-state index in [1.807, 2.05) is 0 Å². The standard InChI is InChI=1S/C10H14O6S/c1-10(2)15-7-5(11)6(14-8(7)16-10)4-3-12-9(17)13-4/h4-8,11H,3H2,1-2H3/t4-,5-,6-,7-,8-/m1/s1. The first kappa shape index (κ1) is 11.6. The Hall–Kier alpha value is -0.470. The van der Waals surface area contributed by atoms with Gasteiger partial charge in [-0.25, -0.2) is 0 Å². The first-order chi connectivity index (χ1) is 7.96. The van der Waals surface area contributed by atoms with Crippen LogP contribution in [0.5, 0.6) is 0 Å². The van der Waals surface area contributed by atoms with Crippen LogP contribution in [-0.2, 0) is 23.7 Å². The molecule has 0 amide bonds. The molecule has 0 bridgehead atoms. The molecule has 0 saturated carbocycles. The molecule has 0 aromatic rings. The average Bonchev–Trinajstić information content (AvgIpc) is 2.83. The van der Waals surface area contributed by atoms with E-state index in [1.165, 1.54) is 0 Å². The highest BCUT2D eigenvalue weighted by Gasteiger charge is 2.57. The summed E-state index contributed by atoms with van der Waals surface area (Å²) >= 11 is 4.76. The summed E-state index contributed by atoms with van der Waals surface area (Å²) in [6, 6.07) is 0. The molecule has 0 unspecified atom stereocenters. The summed E-state index contributed by atoms with van der Waals surface area (Å²) in [6.07, 6.45) is -2.81. The molecule has 6 nitrogen and oxygen atoms in total. The monoisotopic (exact) mass is 262 g/mol. The molecule has 1 N–H and O–H groups in total. The average molecular weight is 262 g/mol. The van der Waals surface area contributed by atoms with E-state index in [9.17, 15) is 5.11 Å². The van der Waals surface area contributed by atoms with Crippen LogP contribution < -0.4 is 0 Å².